The van der Waals surface area contributed by atoms with Crippen molar-refractivity contribution in [1.29, 1.82) is 0 Å². The van der Waals surface area contributed by atoms with Gasteiger partial charge in [0.15, 0.2) is 0 Å². The van der Waals surface area contributed by atoms with Crippen LogP contribution < -0.4 is 11.1 Å². The van der Waals surface area contributed by atoms with Gasteiger partial charge in [-0.05, 0) is 13.3 Å². The largest absolute Gasteiger partial charge is 0.352 e. The number of carbonyl (C=O) groups is 1. The first-order chi connectivity index (χ1) is 8.15. The van der Waals surface area contributed by atoms with E-state index in [2.05, 4.69) is 22.6 Å². The van der Waals surface area contributed by atoms with Crippen molar-refractivity contribution in [3.63, 3.8) is 0 Å². The highest BCUT2D eigenvalue weighted by Gasteiger charge is 2.08. The summed E-state index contributed by atoms with van der Waals surface area (Å²) in [7, 11) is 0. The summed E-state index contributed by atoms with van der Waals surface area (Å²) in [4.78, 5) is 11.7. The second-order valence-electron chi connectivity index (χ2n) is 4.22. The average molecular weight is 239 g/mol. The van der Waals surface area contributed by atoms with Crippen LogP contribution in [0.25, 0.3) is 0 Å². The van der Waals surface area contributed by atoms with Crippen LogP contribution in [0.5, 0.6) is 0 Å². The van der Waals surface area contributed by atoms with Crippen molar-refractivity contribution >= 4 is 5.91 Å². The lowest BCUT2D eigenvalue weighted by Crippen LogP contribution is -2.35. The third kappa shape index (κ3) is 4.95. The van der Waals surface area contributed by atoms with Gasteiger partial charge in [0, 0.05) is 12.6 Å². The van der Waals surface area contributed by atoms with E-state index in [1.165, 1.54) is 4.68 Å². The molecule has 0 aromatic carbocycles. The quantitative estimate of drug-likeness (QED) is 0.722. The summed E-state index contributed by atoms with van der Waals surface area (Å²) < 4.78 is 1.50. The number of rotatable bonds is 7. The van der Waals surface area contributed by atoms with Crippen molar-refractivity contribution in [2.24, 2.45) is 5.73 Å². The highest BCUT2D eigenvalue weighted by Crippen LogP contribution is 1.99. The van der Waals surface area contributed by atoms with Crippen molar-refractivity contribution in [1.82, 2.24) is 20.3 Å². The predicted molar refractivity (Wildman–Crippen MR) is 65.0 cm³/mol. The van der Waals surface area contributed by atoms with Gasteiger partial charge in [-0.15, -0.1) is 5.10 Å². The van der Waals surface area contributed by atoms with E-state index < -0.39 is 0 Å². The molecule has 0 saturated heterocycles. The maximum atomic E-state index is 11.7. The molecule has 0 fully saturated rings. The molecular weight excluding hydrogens is 218 g/mol. The first-order valence-corrected chi connectivity index (χ1v) is 6.04. The fraction of sp³-hybridized carbons (Fsp3) is 0.727. The molecule has 0 aliphatic heterocycles. The van der Waals surface area contributed by atoms with Gasteiger partial charge in [-0.2, -0.15) is 0 Å². The fourth-order valence-corrected chi connectivity index (χ4v) is 1.56. The number of amides is 1. The predicted octanol–water partition coefficient (Wildman–Crippen LogP) is 0.432. The Kier molecular flexibility index (Phi) is 5.62. The molecule has 1 rings (SSSR count). The molecule has 3 N–H and O–H groups in total. The van der Waals surface area contributed by atoms with Crippen LogP contribution in [-0.4, -0.2) is 26.9 Å². The van der Waals surface area contributed by atoms with Crippen LogP contribution >= 0.6 is 0 Å². The molecule has 96 valence electrons. The molecule has 1 heterocycles. The minimum Gasteiger partial charge on any atom is -0.352 e. The van der Waals surface area contributed by atoms with Crippen LogP contribution in [0, 0.1) is 0 Å². The van der Waals surface area contributed by atoms with Crippen LogP contribution in [0.3, 0.4) is 0 Å². The Balaban J connectivity index is 2.33. The van der Waals surface area contributed by atoms with Crippen LogP contribution in [0.1, 0.15) is 38.8 Å². The summed E-state index contributed by atoms with van der Waals surface area (Å²) in [5.41, 5.74) is 6.10. The van der Waals surface area contributed by atoms with Gasteiger partial charge >= 0.3 is 0 Å². The normalized spacial score (nSPS) is 12.4. The summed E-state index contributed by atoms with van der Waals surface area (Å²) in [5, 5.41) is 10.6. The van der Waals surface area contributed by atoms with E-state index >= 15 is 0 Å². The van der Waals surface area contributed by atoms with E-state index in [1.54, 1.807) is 6.20 Å². The smallest absolute Gasteiger partial charge is 0.242 e. The average Bonchev–Trinajstić information content (AvgIpc) is 2.73. The van der Waals surface area contributed by atoms with Crippen LogP contribution in [0.15, 0.2) is 6.20 Å². The minimum absolute atomic E-state index is 0.0397. The van der Waals surface area contributed by atoms with E-state index in [9.17, 15) is 4.79 Å². The molecule has 0 spiro atoms. The lowest BCUT2D eigenvalue weighted by Gasteiger charge is -2.12. The number of carbonyl (C=O) groups excluding carboxylic acids is 1. The maximum Gasteiger partial charge on any atom is 0.242 e. The molecule has 1 unspecified atom stereocenters. The molecule has 17 heavy (non-hydrogen) atoms. The molecule has 0 aliphatic rings. The molecule has 6 nitrogen and oxygen atoms in total. The summed E-state index contributed by atoms with van der Waals surface area (Å²) in [6.45, 7) is 4.69. The maximum absolute atomic E-state index is 11.7. The van der Waals surface area contributed by atoms with Gasteiger partial charge in [0.25, 0.3) is 0 Å². The van der Waals surface area contributed by atoms with Gasteiger partial charge < -0.3 is 11.1 Å². The van der Waals surface area contributed by atoms with Gasteiger partial charge in [-0.1, -0.05) is 25.0 Å². The van der Waals surface area contributed by atoms with E-state index in [0.29, 0.717) is 12.2 Å². The third-order valence-electron chi connectivity index (χ3n) is 2.50. The SMILES string of the molecule is CCCCC(C)NC(=O)Cn1cc(CN)nn1. The van der Waals surface area contributed by atoms with E-state index in [0.717, 1.165) is 19.3 Å². The van der Waals surface area contributed by atoms with Gasteiger partial charge in [-0.25, -0.2) is 4.68 Å². The molecule has 0 radical (unpaired) electrons. The van der Waals surface area contributed by atoms with Crippen molar-refractivity contribution in [3.8, 4) is 0 Å². The zero-order valence-corrected chi connectivity index (χ0v) is 10.5. The van der Waals surface area contributed by atoms with Crippen molar-refractivity contribution in [2.45, 2.75) is 52.2 Å². The Morgan fingerprint density at radius 3 is 3.00 bits per heavy atom. The van der Waals surface area contributed by atoms with Crippen LogP contribution in [0.2, 0.25) is 0 Å². The van der Waals surface area contributed by atoms with Crippen LogP contribution in [0.4, 0.5) is 0 Å². The minimum atomic E-state index is -0.0397. The topological polar surface area (TPSA) is 85.8 Å². The molecule has 0 bridgehead atoms. The van der Waals surface area contributed by atoms with Crippen molar-refractivity contribution in [2.75, 3.05) is 0 Å². The number of aromatic nitrogens is 3. The lowest BCUT2D eigenvalue weighted by atomic mass is 10.1. The first-order valence-electron chi connectivity index (χ1n) is 6.04. The highest BCUT2D eigenvalue weighted by molar-refractivity contribution is 5.75. The molecule has 1 aromatic heterocycles. The van der Waals surface area contributed by atoms with E-state index in [-0.39, 0.29) is 18.5 Å². The van der Waals surface area contributed by atoms with Crippen LogP contribution in [-0.2, 0) is 17.9 Å². The number of hydrogen-bond donors (Lipinski definition) is 2. The highest BCUT2D eigenvalue weighted by atomic mass is 16.2. The number of hydrogen-bond acceptors (Lipinski definition) is 4. The Morgan fingerprint density at radius 1 is 1.65 bits per heavy atom. The number of unbranched alkanes of at least 4 members (excludes halogenated alkanes) is 1. The Hall–Kier alpha value is -1.43. The molecule has 1 aromatic rings. The number of nitrogens with zero attached hydrogens (tertiary/aromatic N) is 3. The Morgan fingerprint density at radius 2 is 2.41 bits per heavy atom. The molecule has 0 aliphatic carbocycles. The Bertz CT molecular complexity index is 349. The second kappa shape index (κ2) is 7.01. The zero-order valence-electron chi connectivity index (χ0n) is 10.5. The number of nitrogens with one attached hydrogen (secondary N) is 1. The van der Waals surface area contributed by atoms with E-state index in [1.807, 2.05) is 6.92 Å². The monoisotopic (exact) mass is 239 g/mol. The van der Waals surface area contributed by atoms with Gasteiger partial charge in [0.1, 0.15) is 6.54 Å². The standard InChI is InChI=1S/C11H21N5O/c1-3-4-5-9(2)13-11(17)8-16-7-10(6-12)14-15-16/h7,9H,3-6,8,12H2,1-2H3,(H,13,17). The third-order valence-corrected chi connectivity index (χ3v) is 2.50. The van der Waals surface area contributed by atoms with Gasteiger partial charge in [0.2, 0.25) is 5.91 Å². The molecule has 1 amide bonds. The molecule has 1 atom stereocenters. The first kappa shape index (κ1) is 13.6. The van der Waals surface area contributed by atoms with Crippen molar-refractivity contribution in [3.05, 3.63) is 11.9 Å². The summed E-state index contributed by atoms with van der Waals surface area (Å²) in [6, 6.07) is 0.208. The number of nitrogens with two attached hydrogens (primary N) is 1. The lowest BCUT2D eigenvalue weighted by molar-refractivity contribution is -0.122. The summed E-state index contributed by atoms with van der Waals surface area (Å²) in [6.07, 6.45) is 4.97. The molecular formula is C11H21N5O. The Labute approximate surface area is 102 Å². The van der Waals surface area contributed by atoms with Gasteiger partial charge in [-0.3, -0.25) is 4.79 Å². The summed E-state index contributed by atoms with van der Waals surface area (Å²) in [5.74, 6) is -0.0397. The fourth-order valence-electron chi connectivity index (χ4n) is 1.56. The molecule has 0 saturated carbocycles. The van der Waals surface area contributed by atoms with E-state index in [4.69, 9.17) is 5.73 Å². The zero-order chi connectivity index (χ0) is 12.7. The molecule has 6 heteroatoms. The van der Waals surface area contributed by atoms with Crippen molar-refractivity contribution < 1.29 is 4.79 Å². The second-order valence-corrected chi connectivity index (χ2v) is 4.22. The summed E-state index contributed by atoms with van der Waals surface area (Å²) >= 11 is 0. The van der Waals surface area contributed by atoms with Gasteiger partial charge in [0.05, 0.1) is 11.9 Å².